The quantitative estimate of drug-likeness (QED) is 0.151. The van der Waals surface area contributed by atoms with E-state index in [1.165, 1.54) is 26.0 Å². The maximum Gasteiger partial charge on any atom is 0.308 e. The molecule has 0 radical (unpaired) electrons. The Kier molecular flexibility index (Phi) is 7.12. The molecule has 1 unspecified atom stereocenters. The molecule has 1 N–H and O–H groups in total. The third kappa shape index (κ3) is 4.70. The number of hydrogen-bond acceptors (Lipinski definition) is 7. The van der Waals surface area contributed by atoms with Crippen LogP contribution in [0.25, 0.3) is 5.76 Å². The highest BCUT2D eigenvalue weighted by Crippen LogP contribution is 2.43. The number of halogens is 1. The van der Waals surface area contributed by atoms with Gasteiger partial charge in [-0.15, -0.1) is 0 Å². The molecule has 1 aliphatic rings. The number of hydrogen-bond donors (Lipinski definition) is 1. The van der Waals surface area contributed by atoms with Crippen molar-refractivity contribution in [2.75, 3.05) is 19.1 Å². The lowest BCUT2D eigenvalue weighted by atomic mass is 9.95. The van der Waals surface area contributed by atoms with Crippen LogP contribution in [-0.4, -0.2) is 37.0 Å². The number of aliphatic hydroxyl groups is 1. The molecule has 36 heavy (non-hydrogen) atoms. The molecule has 0 aliphatic carbocycles. The van der Waals surface area contributed by atoms with Crippen molar-refractivity contribution in [3.8, 4) is 17.2 Å². The van der Waals surface area contributed by atoms with E-state index in [-0.39, 0.29) is 17.1 Å². The summed E-state index contributed by atoms with van der Waals surface area (Å²) in [4.78, 5) is 39.5. The monoisotopic (exact) mass is 551 g/mol. The van der Waals surface area contributed by atoms with Crippen LogP contribution in [0.1, 0.15) is 24.1 Å². The van der Waals surface area contributed by atoms with Crippen molar-refractivity contribution in [1.82, 2.24) is 0 Å². The van der Waals surface area contributed by atoms with Crippen LogP contribution >= 0.6 is 15.9 Å². The lowest BCUT2D eigenvalue weighted by molar-refractivity contribution is -0.132. The fourth-order valence-corrected chi connectivity index (χ4v) is 4.58. The normalized spacial score (nSPS) is 16.7. The number of benzene rings is 3. The standard InChI is InChI=1S/C27H22BrNO7/c1-15(30)36-20-6-4-5-16(13-20)24-23(25(31)17-7-12-22(35-3)21(28)14-17)26(32)27(33)29(24)18-8-10-19(34-2)11-9-18/h4-14,24,31H,1-3H3/b25-23+. The first-order chi connectivity index (χ1) is 17.2. The average Bonchev–Trinajstić information content (AvgIpc) is 3.13. The van der Waals surface area contributed by atoms with Crippen LogP contribution in [0.2, 0.25) is 0 Å². The largest absolute Gasteiger partial charge is 0.507 e. The van der Waals surface area contributed by atoms with Crippen molar-refractivity contribution in [3.05, 3.63) is 87.9 Å². The number of amides is 1. The lowest BCUT2D eigenvalue weighted by Crippen LogP contribution is -2.29. The van der Waals surface area contributed by atoms with E-state index in [9.17, 15) is 19.5 Å². The maximum atomic E-state index is 13.3. The van der Waals surface area contributed by atoms with Gasteiger partial charge >= 0.3 is 5.97 Å². The molecule has 1 atom stereocenters. The Morgan fingerprint density at radius 2 is 1.67 bits per heavy atom. The van der Waals surface area contributed by atoms with Crippen molar-refractivity contribution in [2.24, 2.45) is 0 Å². The molecule has 3 aromatic carbocycles. The van der Waals surface area contributed by atoms with Gasteiger partial charge < -0.3 is 19.3 Å². The topological polar surface area (TPSA) is 102 Å². The Bertz CT molecular complexity index is 1380. The second-order valence-corrected chi connectivity index (χ2v) is 8.74. The van der Waals surface area contributed by atoms with Gasteiger partial charge in [-0.25, -0.2) is 0 Å². The molecule has 0 saturated carbocycles. The Balaban J connectivity index is 1.92. The van der Waals surface area contributed by atoms with Crippen LogP contribution in [-0.2, 0) is 14.4 Å². The first-order valence-corrected chi connectivity index (χ1v) is 11.6. The van der Waals surface area contributed by atoms with Gasteiger partial charge in [-0.1, -0.05) is 12.1 Å². The number of ketones is 1. The predicted octanol–water partition coefficient (Wildman–Crippen LogP) is 5.02. The van der Waals surface area contributed by atoms with Gasteiger partial charge in [0, 0.05) is 18.2 Å². The summed E-state index contributed by atoms with van der Waals surface area (Å²) in [6.45, 7) is 1.28. The van der Waals surface area contributed by atoms with Gasteiger partial charge in [-0.05, 0) is 76.1 Å². The molecule has 0 spiro atoms. The number of rotatable bonds is 6. The zero-order valence-electron chi connectivity index (χ0n) is 19.7. The summed E-state index contributed by atoms with van der Waals surface area (Å²) in [7, 11) is 3.03. The number of ether oxygens (including phenoxy) is 3. The lowest BCUT2D eigenvalue weighted by Gasteiger charge is -2.26. The Hall–Kier alpha value is -4.11. The molecule has 0 bridgehead atoms. The van der Waals surface area contributed by atoms with Gasteiger partial charge in [0.05, 0.1) is 30.3 Å². The van der Waals surface area contributed by atoms with E-state index in [0.717, 1.165) is 0 Å². The Morgan fingerprint density at radius 1 is 0.944 bits per heavy atom. The van der Waals surface area contributed by atoms with Crippen molar-refractivity contribution in [1.29, 1.82) is 0 Å². The summed E-state index contributed by atoms with van der Waals surface area (Å²) < 4.78 is 16.2. The van der Waals surface area contributed by atoms with Crippen LogP contribution in [0.3, 0.4) is 0 Å². The molecule has 8 nitrogen and oxygen atoms in total. The zero-order chi connectivity index (χ0) is 26.0. The van der Waals surface area contributed by atoms with E-state index in [1.54, 1.807) is 66.7 Å². The number of Topliss-reactive ketones (excluding diaryl/α,β-unsaturated/α-hetero) is 1. The molecule has 184 valence electrons. The first kappa shape index (κ1) is 25.0. The minimum atomic E-state index is -0.991. The minimum Gasteiger partial charge on any atom is -0.507 e. The molecular weight excluding hydrogens is 530 g/mol. The van der Waals surface area contributed by atoms with E-state index in [1.807, 2.05) is 0 Å². The predicted molar refractivity (Wildman–Crippen MR) is 136 cm³/mol. The fraction of sp³-hybridized carbons (Fsp3) is 0.148. The zero-order valence-corrected chi connectivity index (χ0v) is 21.2. The third-order valence-electron chi connectivity index (χ3n) is 5.66. The van der Waals surface area contributed by atoms with E-state index >= 15 is 0 Å². The smallest absolute Gasteiger partial charge is 0.308 e. The van der Waals surface area contributed by atoms with Gasteiger partial charge in [0.1, 0.15) is 23.0 Å². The average molecular weight is 552 g/mol. The van der Waals surface area contributed by atoms with Crippen LogP contribution in [0, 0.1) is 0 Å². The van der Waals surface area contributed by atoms with Crippen molar-refractivity contribution in [2.45, 2.75) is 13.0 Å². The molecular formula is C27H22BrNO7. The number of aliphatic hydroxyl groups excluding tert-OH is 1. The van der Waals surface area contributed by atoms with E-state index in [0.29, 0.717) is 32.8 Å². The van der Waals surface area contributed by atoms with Crippen molar-refractivity contribution in [3.63, 3.8) is 0 Å². The fourth-order valence-electron chi connectivity index (χ4n) is 4.04. The Morgan fingerprint density at radius 3 is 2.28 bits per heavy atom. The molecule has 1 aliphatic heterocycles. The van der Waals surface area contributed by atoms with Gasteiger partial charge in [0.25, 0.3) is 11.7 Å². The molecule has 1 saturated heterocycles. The van der Waals surface area contributed by atoms with Crippen LogP contribution < -0.4 is 19.1 Å². The first-order valence-electron chi connectivity index (χ1n) is 10.8. The second kappa shape index (κ2) is 10.2. The van der Waals surface area contributed by atoms with Crippen LogP contribution in [0.5, 0.6) is 17.2 Å². The van der Waals surface area contributed by atoms with E-state index in [4.69, 9.17) is 14.2 Å². The number of methoxy groups -OCH3 is 2. The molecule has 1 heterocycles. The number of carbonyl (C=O) groups is 3. The van der Waals surface area contributed by atoms with Gasteiger partial charge in [0.2, 0.25) is 0 Å². The van der Waals surface area contributed by atoms with E-state index in [2.05, 4.69) is 15.9 Å². The SMILES string of the molecule is COc1ccc(N2C(=O)C(=O)/C(=C(/O)c3ccc(OC)c(Br)c3)C2c2cccc(OC(C)=O)c2)cc1. The highest BCUT2D eigenvalue weighted by molar-refractivity contribution is 9.10. The highest BCUT2D eigenvalue weighted by Gasteiger charge is 2.47. The van der Waals surface area contributed by atoms with Gasteiger partial charge in [-0.3, -0.25) is 19.3 Å². The second-order valence-electron chi connectivity index (χ2n) is 7.88. The minimum absolute atomic E-state index is 0.104. The number of anilines is 1. The molecule has 3 aromatic rings. The summed E-state index contributed by atoms with van der Waals surface area (Å²) in [5, 5.41) is 11.3. The van der Waals surface area contributed by atoms with E-state index < -0.39 is 23.7 Å². The molecule has 1 amide bonds. The Labute approximate surface area is 215 Å². The molecule has 0 aromatic heterocycles. The van der Waals surface area contributed by atoms with Gasteiger partial charge in [-0.2, -0.15) is 0 Å². The summed E-state index contributed by atoms with van der Waals surface area (Å²) in [6.07, 6.45) is 0. The molecule has 4 rings (SSSR count). The summed E-state index contributed by atoms with van der Waals surface area (Å²) in [6, 6.07) is 17.0. The maximum absolute atomic E-state index is 13.3. The van der Waals surface area contributed by atoms with Crippen molar-refractivity contribution >= 4 is 45.0 Å². The number of esters is 1. The van der Waals surface area contributed by atoms with Gasteiger partial charge in [0.15, 0.2) is 0 Å². The summed E-state index contributed by atoms with van der Waals surface area (Å²) >= 11 is 3.38. The molecule has 1 fully saturated rings. The van der Waals surface area contributed by atoms with Crippen LogP contribution in [0.4, 0.5) is 5.69 Å². The third-order valence-corrected chi connectivity index (χ3v) is 6.28. The summed E-state index contributed by atoms with van der Waals surface area (Å²) in [5.41, 5.74) is 1.11. The summed E-state index contributed by atoms with van der Waals surface area (Å²) in [5.74, 6) is -1.17. The molecule has 9 heteroatoms. The van der Waals surface area contributed by atoms with Crippen molar-refractivity contribution < 1.29 is 33.7 Å². The van der Waals surface area contributed by atoms with Crippen LogP contribution in [0.15, 0.2) is 76.8 Å². The number of carbonyl (C=O) groups excluding carboxylic acids is 3. The number of nitrogens with zero attached hydrogens (tertiary/aromatic N) is 1. The highest BCUT2D eigenvalue weighted by atomic mass is 79.9.